The van der Waals surface area contributed by atoms with Crippen LogP contribution in [0.5, 0.6) is 0 Å². The SMILES string of the molecule is [B]=C1C(C)=C(c2c(F)c(F)c(F)c(F)c2F)c2c1cc(C(C)C=[Si](C)c1ccccc1)c(-c1c(F)c(F)c(F)c(F)c1F)c2C(C)C. The van der Waals surface area contributed by atoms with Crippen molar-refractivity contribution in [1.29, 1.82) is 0 Å². The van der Waals surface area contributed by atoms with E-state index in [0.29, 0.717) is 0 Å². The normalized spacial score (nSPS) is 14.0. The molecule has 1 radical (unpaired) electrons. The van der Waals surface area contributed by atoms with E-state index in [-0.39, 0.29) is 33.3 Å². The van der Waals surface area contributed by atoms with Crippen molar-refractivity contribution < 1.29 is 43.9 Å². The van der Waals surface area contributed by atoms with E-state index in [1.807, 2.05) is 42.6 Å². The molecule has 0 saturated heterocycles. The van der Waals surface area contributed by atoms with Crippen LogP contribution in [-0.4, -0.2) is 27.0 Å². The van der Waals surface area contributed by atoms with Crippen molar-refractivity contribution in [2.45, 2.75) is 46.1 Å². The van der Waals surface area contributed by atoms with Gasteiger partial charge >= 0.3 is 267 Å². The summed E-state index contributed by atoms with van der Waals surface area (Å²) >= 11 is 0. The number of rotatable bonds is 6. The zero-order valence-corrected chi connectivity index (χ0v) is 26.6. The summed E-state index contributed by atoms with van der Waals surface area (Å²) in [6, 6.07) is 10.5. The first-order valence-corrected chi connectivity index (χ1v) is 16.4. The maximum atomic E-state index is 15.7. The van der Waals surface area contributed by atoms with Gasteiger partial charge in [-0.25, -0.2) is 0 Å². The molecule has 0 spiro atoms. The third-order valence-electron chi connectivity index (χ3n) is 8.43. The Bertz CT molecular complexity index is 2010. The van der Waals surface area contributed by atoms with Gasteiger partial charge in [0.05, 0.1) is 0 Å². The van der Waals surface area contributed by atoms with Crippen LogP contribution in [0.3, 0.4) is 0 Å². The van der Waals surface area contributed by atoms with E-state index in [1.54, 1.807) is 6.92 Å². The zero-order chi connectivity index (χ0) is 34.8. The molecule has 12 heteroatoms. The third kappa shape index (κ3) is 5.34. The predicted octanol–water partition coefficient (Wildman–Crippen LogP) is 8.91. The zero-order valence-electron chi connectivity index (χ0n) is 25.6. The Morgan fingerprint density at radius 2 is 1.06 bits per heavy atom. The fourth-order valence-electron chi connectivity index (χ4n) is 6.17. The Balaban J connectivity index is 1.98. The van der Waals surface area contributed by atoms with Gasteiger partial charge in [-0.15, -0.1) is 0 Å². The molecule has 1 aliphatic carbocycles. The molecule has 0 nitrogen and oxygen atoms in total. The minimum absolute atomic E-state index is 0.0394. The van der Waals surface area contributed by atoms with Gasteiger partial charge in [-0.1, -0.05) is 0 Å². The van der Waals surface area contributed by atoms with E-state index in [0.717, 1.165) is 5.19 Å². The summed E-state index contributed by atoms with van der Waals surface area (Å²) in [6.45, 7) is 7.82. The molecule has 1 aliphatic rings. The Hall–Kier alpha value is -4.06. The monoisotopic (exact) mass is 673 g/mol. The van der Waals surface area contributed by atoms with Gasteiger partial charge in [0.1, 0.15) is 0 Å². The summed E-state index contributed by atoms with van der Waals surface area (Å²) in [5.41, 5.74) is -2.36. The van der Waals surface area contributed by atoms with Crippen LogP contribution in [0.4, 0.5) is 43.9 Å². The number of halogens is 10. The van der Waals surface area contributed by atoms with Crippen molar-refractivity contribution in [3.8, 4) is 11.1 Å². The van der Waals surface area contributed by atoms with Gasteiger partial charge in [0.25, 0.3) is 0 Å². The fourth-order valence-corrected chi connectivity index (χ4v) is 8.01. The van der Waals surface area contributed by atoms with Gasteiger partial charge in [0.15, 0.2) is 0 Å². The van der Waals surface area contributed by atoms with Gasteiger partial charge in [0.2, 0.25) is 0 Å². The molecule has 241 valence electrons. The van der Waals surface area contributed by atoms with Crippen molar-refractivity contribution in [2.75, 3.05) is 0 Å². The predicted molar refractivity (Wildman–Crippen MR) is 166 cm³/mol. The molecule has 0 aromatic heterocycles. The van der Waals surface area contributed by atoms with E-state index in [9.17, 15) is 26.3 Å². The third-order valence-corrected chi connectivity index (χ3v) is 10.7. The molecule has 0 bridgehead atoms. The standard InChI is InChI=1S/C35H24BF10Si/c1-13(2)19-21(24-28(39)32(43)35(46)33(44)29(24)40)17(14(3)12-47(5)16-9-7-6-8-10-16)11-18-22(19)20(15(4)25(18)36)23-26(37)30(41)34(45)31(42)27(23)38/h6-14H,1-5H3. The summed E-state index contributed by atoms with van der Waals surface area (Å²) < 4.78 is 149. The minimum atomic E-state index is -2.40. The molecule has 47 heavy (non-hydrogen) atoms. The molecule has 5 rings (SSSR count). The molecule has 4 aromatic carbocycles. The van der Waals surface area contributed by atoms with Crippen molar-refractivity contribution in [3.05, 3.63) is 128 Å². The Morgan fingerprint density at radius 3 is 1.53 bits per heavy atom. The molecular formula is C35H24BF10Si. The second-order valence-electron chi connectivity index (χ2n) is 11.6. The number of fused-ring (bicyclic) bond motifs is 1. The van der Waals surface area contributed by atoms with E-state index in [4.69, 9.17) is 7.49 Å². The molecule has 0 aliphatic heterocycles. The summed E-state index contributed by atoms with van der Waals surface area (Å²) in [5, 5.41) is 0.949. The first kappa shape index (κ1) is 34.3. The molecule has 0 fully saturated rings. The average molecular weight is 673 g/mol. The number of hydrogen-bond donors (Lipinski definition) is 0. The van der Waals surface area contributed by atoms with Crippen LogP contribution in [0.2, 0.25) is 6.55 Å². The summed E-state index contributed by atoms with van der Waals surface area (Å²) in [7, 11) is 4.91. The van der Waals surface area contributed by atoms with Crippen LogP contribution in [0.15, 0.2) is 42.0 Å². The molecule has 0 amide bonds. The molecule has 0 N–H and O–H groups in total. The van der Waals surface area contributed by atoms with Gasteiger partial charge < -0.3 is 0 Å². The molecule has 1 unspecified atom stereocenters. The van der Waals surface area contributed by atoms with Crippen molar-refractivity contribution in [1.82, 2.24) is 0 Å². The van der Waals surface area contributed by atoms with E-state index < -0.39 is 101 Å². The van der Waals surface area contributed by atoms with E-state index in [1.165, 1.54) is 26.8 Å². The van der Waals surface area contributed by atoms with Gasteiger partial charge in [-0.05, 0) is 0 Å². The number of hydrogen-bond acceptors (Lipinski definition) is 0. The average Bonchev–Trinajstić information content (AvgIpc) is 3.29. The Labute approximate surface area is 266 Å². The van der Waals surface area contributed by atoms with E-state index in [2.05, 4.69) is 0 Å². The molecule has 0 heterocycles. The molecule has 4 aromatic rings. The first-order valence-electron chi connectivity index (χ1n) is 14.3. The summed E-state index contributed by atoms with van der Waals surface area (Å²) in [6.07, 6.45) is 0. The van der Waals surface area contributed by atoms with Crippen molar-refractivity contribution in [3.63, 3.8) is 0 Å². The van der Waals surface area contributed by atoms with Gasteiger partial charge in [-0.2, -0.15) is 0 Å². The second kappa shape index (κ2) is 12.5. The van der Waals surface area contributed by atoms with Crippen LogP contribution < -0.4 is 5.19 Å². The quantitative estimate of drug-likeness (QED) is 0.0831. The van der Waals surface area contributed by atoms with E-state index >= 15 is 17.6 Å². The summed E-state index contributed by atoms with van der Waals surface area (Å²) in [4.78, 5) is 0. The molecule has 0 saturated carbocycles. The van der Waals surface area contributed by atoms with Crippen LogP contribution >= 0.6 is 0 Å². The van der Waals surface area contributed by atoms with Gasteiger partial charge in [-0.3, -0.25) is 0 Å². The van der Waals surface area contributed by atoms with Gasteiger partial charge in [0, 0.05) is 0 Å². The second-order valence-corrected chi connectivity index (χ2v) is 13.9. The first-order chi connectivity index (χ1) is 22.0. The van der Waals surface area contributed by atoms with Crippen LogP contribution in [-0.2, 0) is 0 Å². The fraction of sp³-hybridized carbons (Fsp3) is 0.200. The van der Waals surface area contributed by atoms with Crippen LogP contribution in [0.1, 0.15) is 67.3 Å². The number of allylic oxidation sites excluding steroid dienone is 1. The number of benzene rings is 4. The molecule has 1 atom stereocenters. The Morgan fingerprint density at radius 1 is 0.617 bits per heavy atom. The summed E-state index contributed by atoms with van der Waals surface area (Å²) in [5.74, 6) is -24.0. The van der Waals surface area contributed by atoms with Crippen molar-refractivity contribution >= 4 is 37.8 Å². The van der Waals surface area contributed by atoms with Crippen LogP contribution in [0.25, 0.3) is 16.7 Å². The maximum absolute atomic E-state index is 15.7. The van der Waals surface area contributed by atoms with Crippen LogP contribution in [0, 0.1) is 58.2 Å². The molecular weight excluding hydrogens is 649 g/mol. The topological polar surface area (TPSA) is 0 Å². The van der Waals surface area contributed by atoms with Crippen molar-refractivity contribution in [2.24, 2.45) is 0 Å². The Kier molecular flexibility index (Phi) is 9.13.